The number of hydrogen-bond acceptors (Lipinski definition) is 4. The van der Waals surface area contributed by atoms with Crippen molar-refractivity contribution in [2.75, 3.05) is 20.2 Å². The highest BCUT2D eigenvalue weighted by Crippen LogP contribution is 2.32. The average Bonchev–Trinajstić information content (AvgIpc) is 2.76. The first-order valence-corrected chi connectivity index (χ1v) is 8.77. The molecule has 0 saturated carbocycles. The van der Waals surface area contributed by atoms with E-state index in [9.17, 15) is 4.79 Å². The van der Waals surface area contributed by atoms with Crippen molar-refractivity contribution in [1.82, 2.24) is 10.2 Å². The van der Waals surface area contributed by atoms with Gasteiger partial charge in [0.05, 0.1) is 25.1 Å². The topological polar surface area (TPSA) is 54.7 Å². The summed E-state index contributed by atoms with van der Waals surface area (Å²) >= 11 is 0. The molecule has 2 heterocycles. The molecule has 5 heteroatoms. The molecule has 1 aromatic heterocycles. The molecule has 24 heavy (non-hydrogen) atoms. The van der Waals surface area contributed by atoms with Crippen LogP contribution in [0.4, 0.5) is 0 Å². The predicted molar refractivity (Wildman–Crippen MR) is 94.1 cm³/mol. The van der Waals surface area contributed by atoms with Gasteiger partial charge in [0.2, 0.25) is 5.91 Å². The minimum atomic E-state index is -0.113. The van der Waals surface area contributed by atoms with Crippen molar-refractivity contribution in [3.8, 4) is 5.75 Å². The third-order valence-electron chi connectivity index (χ3n) is 4.81. The van der Waals surface area contributed by atoms with Crippen LogP contribution in [-0.4, -0.2) is 37.0 Å². The van der Waals surface area contributed by atoms with Gasteiger partial charge in [0.25, 0.3) is 0 Å². The Labute approximate surface area is 143 Å². The molecule has 1 amide bonds. The zero-order chi connectivity index (χ0) is 16.9. The quantitative estimate of drug-likeness (QED) is 0.914. The number of amides is 1. The van der Waals surface area contributed by atoms with Crippen LogP contribution in [-0.2, 0) is 11.3 Å². The molecule has 1 unspecified atom stereocenters. The van der Waals surface area contributed by atoms with E-state index in [2.05, 4.69) is 10.2 Å². The number of ether oxygens (including phenoxy) is 1. The highest BCUT2D eigenvalue weighted by atomic mass is 16.5. The van der Waals surface area contributed by atoms with E-state index in [1.54, 1.807) is 7.11 Å². The molecule has 1 aliphatic heterocycles. The van der Waals surface area contributed by atoms with Crippen molar-refractivity contribution in [3.05, 3.63) is 30.0 Å². The summed E-state index contributed by atoms with van der Waals surface area (Å²) in [6.45, 7) is 4.33. The predicted octanol–water partition coefficient (Wildman–Crippen LogP) is 3.32. The van der Waals surface area contributed by atoms with E-state index in [4.69, 9.17) is 9.15 Å². The van der Waals surface area contributed by atoms with Crippen molar-refractivity contribution < 1.29 is 13.9 Å². The van der Waals surface area contributed by atoms with Gasteiger partial charge in [0, 0.05) is 0 Å². The molecule has 1 aliphatic rings. The second-order valence-corrected chi connectivity index (χ2v) is 6.40. The fourth-order valence-corrected chi connectivity index (χ4v) is 3.38. The van der Waals surface area contributed by atoms with E-state index >= 15 is 0 Å². The number of carbonyl (C=O) groups excluding carboxylic acids is 1. The van der Waals surface area contributed by atoms with E-state index in [0.29, 0.717) is 18.1 Å². The average molecular weight is 330 g/mol. The summed E-state index contributed by atoms with van der Waals surface area (Å²) in [6.07, 6.45) is 4.88. The maximum Gasteiger partial charge on any atom is 0.237 e. The molecular weight excluding hydrogens is 304 g/mol. The van der Waals surface area contributed by atoms with Crippen LogP contribution in [0.5, 0.6) is 5.75 Å². The van der Waals surface area contributed by atoms with Gasteiger partial charge in [-0.05, 0) is 45.0 Å². The van der Waals surface area contributed by atoms with Crippen molar-refractivity contribution in [3.63, 3.8) is 0 Å². The van der Waals surface area contributed by atoms with Crippen LogP contribution >= 0.6 is 0 Å². The molecule has 0 bridgehead atoms. The number of methoxy groups -OCH3 is 1. The lowest BCUT2D eigenvalue weighted by Crippen LogP contribution is -2.45. The zero-order valence-corrected chi connectivity index (χ0v) is 14.5. The first kappa shape index (κ1) is 16.8. The van der Waals surface area contributed by atoms with Gasteiger partial charge < -0.3 is 14.5 Å². The number of nitrogens with zero attached hydrogens (tertiary/aromatic N) is 1. The van der Waals surface area contributed by atoms with E-state index in [0.717, 1.165) is 24.1 Å². The molecule has 3 rings (SSSR count). The van der Waals surface area contributed by atoms with Crippen LogP contribution in [0, 0.1) is 0 Å². The Morgan fingerprint density at radius 1 is 1.25 bits per heavy atom. The standard InChI is InChI=1S/C19H26N2O3/c1-14(21-11-7-3-4-8-12-21)19(22)20-13-17-18(23-2)15-9-5-6-10-16(15)24-17/h5-6,9-10,14H,3-4,7-8,11-13H2,1-2H3,(H,20,22). The molecule has 0 spiro atoms. The fourth-order valence-electron chi connectivity index (χ4n) is 3.38. The number of hydrogen-bond donors (Lipinski definition) is 1. The largest absolute Gasteiger partial charge is 0.492 e. The van der Waals surface area contributed by atoms with Gasteiger partial charge in [0.15, 0.2) is 11.5 Å². The molecule has 0 radical (unpaired) electrons. The highest BCUT2D eigenvalue weighted by Gasteiger charge is 2.23. The summed E-state index contributed by atoms with van der Waals surface area (Å²) in [4.78, 5) is 14.8. The maximum absolute atomic E-state index is 12.5. The van der Waals surface area contributed by atoms with Crippen LogP contribution < -0.4 is 10.1 Å². The van der Waals surface area contributed by atoms with Crippen molar-refractivity contribution in [1.29, 1.82) is 0 Å². The molecule has 0 aliphatic carbocycles. The summed E-state index contributed by atoms with van der Waals surface area (Å²) in [7, 11) is 1.63. The van der Waals surface area contributed by atoms with Crippen LogP contribution in [0.25, 0.3) is 11.0 Å². The monoisotopic (exact) mass is 330 g/mol. The Hall–Kier alpha value is -2.01. The third-order valence-corrected chi connectivity index (χ3v) is 4.81. The summed E-state index contributed by atoms with van der Waals surface area (Å²) < 4.78 is 11.3. The van der Waals surface area contributed by atoms with Gasteiger partial charge in [-0.15, -0.1) is 0 Å². The second kappa shape index (κ2) is 7.71. The Morgan fingerprint density at radius 3 is 2.67 bits per heavy atom. The van der Waals surface area contributed by atoms with Crippen LogP contribution in [0.2, 0.25) is 0 Å². The number of benzene rings is 1. The number of carbonyl (C=O) groups is 1. The van der Waals surface area contributed by atoms with Crippen molar-refractivity contribution >= 4 is 16.9 Å². The summed E-state index contributed by atoms with van der Waals surface area (Å²) in [5, 5.41) is 3.93. The number of para-hydroxylation sites is 1. The lowest BCUT2D eigenvalue weighted by atomic mass is 10.2. The molecule has 2 aromatic rings. The Balaban J connectivity index is 1.65. The Morgan fingerprint density at radius 2 is 1.96 bits per heavy atom. The van der Waals surface area contributed by atoms with Gasteiger partial charge in [0.1, 0.15) is 5.58 Å². The zero-order valence-electron chi connectivity index (χ0n) is 14.5. The number of fused-ring (bicyclic) bond motifs is 1. The van der Waals surface area contributed by atoms with Crippen molar-refractivity contribution in [2.24, 2.45) is 0 Å². The fraction of sp³-hybridized carbons (Fsp3) is 0.526. The highest BCUT2D eigenvalue weighted by molar-refractivity contribution is 5.86. The summed E-state index contributed by atoms with van der Waals surface area (Å²) in [5.41, 5.74) is 0.777. The van der Waals surface area contributed by atoms with Gasteiger partial charge in [-0.25, -0.2) is 0 Å². The molecule has 5 nitrogen and oxygen atoms in total. The Bertz CT molecular complexity index is 687. The van der Waals surface area contributed by atoms with E-state index in [1.807, 2.05) is 31.2 Å². The van der Waals surface area contributed by atoms with Crippen LogP contribution in [0.3, 0.4) is 0 Å². The molecule has 1 atom stereocenters. The molecule has 130 valence electrons. The smallest absolute Gasteiger partial charge is 0.237 e. The first-order valence-electron chi connectivity index (χ1n) is 8.77. The van der Waals surface area contributed by atoms with E-state index < -0.39 is 0 Å². The third kappa shape index (κ3) is 3.56. The van der Waals surface area contributed by atoms with Gasteiger partial charge >= 0.3 is 0 Å². The van der Waals surface area contributed by atoms with Gasteiger partial charge in [-0.3, -0.25) is 9.69 Å². The van der Waals surface area contributed by atoms with Gasteiger partial charge in [-0.2, -0.15) is 0 Å². The minimum Gasteiger partial charge on any atom is -0.492 e. The molecular formula is C19H26N2O3. The number of furan rings is 1. The molecule has 1 fully saturated rings. The number of nitrogens with one attached hydrogen (secondary N) is 1. The van der Waals surface area contributed by atoms with Crippen molar-refractivity contribution in [2.45, 2.75) is 45.2 Å². The normalized spacial score (nSPS) is 17.4. The number of likely N-dealkylation sites (tertiary alicyclic amines) is 1. The van der Waals surface area contributed by atoms with Gasteiger partial charge in [-0.1, -0.05) is 25.0 Å². The number of rotatable bonds is 5. The van der Waals surface area contributed by atoms with E-state index in [-0.39, 0.29) is 11.9 Å². The maximum atomic E-state index is 12.5. The minimum absolute atomic E-state index is 0.0411. The lowest BCUT2D eigenvalue weighted by molar-refractivity contribution is -0.126. The lowest BCUT2D eigenvalue weighted by Gasteiger charge is -2.26. The molecule has 1 aromatic carbocycles. The van der Waals surface area contributed by atoms with E-state index in [1.165, 1.54) is 25.7 Å². The SMILES string of the molecule is COc1c(CNC(=O)C(C)N2CCCCCC2)oc2ccccc12. The van der Waals surface area contributed by atoms with Crippen LogP contribution in [0.1, 0.15) is 38.4 Å². The summed E-state index contributed by atoms with van der Waals surface area (Å²) in [6, 6.07) is 7.63. The van der Waals surface area contributed by atoms with Crippen LogP contribution in [0.15, 0.2) is 28.7 Å². The first-order chi connectivity index (χ1) is 11.7. The second-order valence-electron chi connectivity index (χ2n) is 6.40. The molecule has 1 saturated heterocycles. The Kier molecular flexibility index (Phi) is 5.41. The molecule has 1 N–H and O–H groups in total. The summed E-state index contributed by atoms with van der Waals surface area (Å²) in [5.74, 6) is 1.41.